The zero-order chi connectivity index (χ0) is 19.5. The van der Waals surface area contributed by atoms with E-state index in [1.165, 1.54) is 0 Å². The predicted octanol–water partition coefficient (Wildman–Crippen LogP) is 4.88. The number of fused-ring (bicyclic) bond motifs is 1. The van der Waals surface area contributed by atoms with E-state index in [4.69, 9.17) is 14.9 Å². The second kappa shape index (κ2) is 7.76. The van der Waals surface area contributed by atoms with Crippen LogP contribution >= 0.6 is 0 Å². The van der Waals surface area contributed by atoms with Gasteiger partial charge in [0.1, 0.15) is 23.6 Å². The Bertz CT molecular complexity index is 1000. The maximum atomic E-state index is 12.9. The number of anilines is 1. The number of amides is 2. The number of rotatable bonds is 6. The second-order valence-electron chi connectivity index (χ2n) is 7.07. The van der Waals surface area contributed by atoms with Crippen LogP contribution in [0.5, 0.6) is 5.75 Å². The number of Topliss-reactive ketones (excluding diaryl/α,β-unsaturated/α-hetero) is 1. The molecule has 2 aromatic carbocycles. The van der Waals surface area contributed by atoms with Crippen LogP contribution in [0.2, 0.25) is 0 Å². The van der Waals surface area contributed by atoms with Gasteiger partial charge in [0.05, 0.1) is 0 Å². The zero-order valence-corrected chi connectivity index (χ0v) is 15.4. The van der Waals surface area contributed by atoms with Gasteiger partial charge in [-0.1, -0.05) is 43.2 Å². The summed E-state index contributed by atoms with van der Waals surface area (Å²) in [6.45, 7) is 0.424. The summed E-state index contributed by atoms with van der Waals surface area (Å²) in [7, 11) is 0. The highest BCUT2D eigenvalue weighted by atomic mass is 16.5. The van der Waals surface area contributed by atoms with E-state index in [1.54, 1.807) is 18.2 Å². The lowest BCUT2D eigenvalue weighted by Gasteiger charge is -2.07. The smallest absolute Gasteiger partial charge is 0.316 e. The van der Waals surface area contributed by atoms with Gasteiger partial charge in [0.25, 0.3) is 0 Å². The Hall–Kier alpha value is -3.28. The highest BCUT2D eigenvalue weighted by molar-refractivity contribution is 6.11. The van der Waals surface area contributed by atoms with Crippen LogP contribution in [-0.2, 0) is 6.61 Å². The molecule has 0 radical (unpaired) electrons. The van der Waals surface area contributed by atoms with Crippen molar-refractivity contribution in [2.24, 2.45) is 11.7 Å². The number of nitrogens with two attached hydrogens (primary N) is 1. The Morgan fingerprint density at radius 2 is 1.86 bits per heavy atom. The van der Waals surface area contributed by atoms with E-state index in [0.717, 1.165) is 31.2 Å². The molecule has 1 aromatic heterocycles. The number of urea groups is 1. The third kappa shape index (κ3) is 3.71. The monoisotopic (exact) mass is 378 g/mol. The predicted molar refractivity (Wildman–Crippen MR) is 106 cm³/mol. The number of nitrogens with one attached hydrogen (secondary N) is 1. The summed E-state index contributed by atoms with van der Waals surface area (Å²) in [6, 6.07) is 14.4. The fourth-order valence-electron chi connectivity index (χ4n) is 3.70. The minimum atomic E-state index is -0.729. The van der Waals surface area contributed by atoms with Crippen LogP contribution in [0.1, 0.15) is 41.8 Å². The lowest BCUT2D eigenvalue weighted by Crippen LogP contribution is -2.21. The molecule has 2 amide bonds. The topological polar surface area (TPSA) is 94.6 Å². The zero-order valence-electron chi connectivity index (χ0n) is 15.4. The van der Waals surface area contributed by atoms with Gasteiger partial charge in [0.15, 0.2) is 5.76 Å². The number of primary amides is 1. The molecule has 0 aliphatic heterocycles. The van der Waals surface area contributed by atoms with Crippen molar-refractivity contribution in [2.75, 3.05) is 5.32 Å². The molecule has 3 N–H and O–H groups in total. The number of benzene rings is 2. The van der Waals surface area contributed by atoms with Crippen molar-refractivity contribution in [1.29, 1.82) is 0 Å². The van der Waals surface area contributed by atoms with Gasteiger partial charge in [-0.3, -0.25) is 4.79 Å². The molecule has 144 valence electrons. The van der Waals surface area contributed by atoms with Crippen LogP contribution in [0.25, 0.3) is 11.0 Å². The largest absolute Gasteiger partial charge is 0.489 e. The number of ether oxygens (including phenoxy) is 1. The molecule has 6 heteroatoms. The highest BCUT2D eigenvalue weighted by Crippen LogP contribution is 2.37. The van der Waals surface area contributed by atoms with E-state index in [2.05, 4.69) is 5.32 Å². The number of hydrogen-bond acceptors (Lipinski definition) is 4. The van der Waals surface area contributed by atoms with E-state index in [-0.39, 0.29) is 17.5 Å². The molecule has 4 rings (SSSR count). The summed E-state index contributed by atoms with van der Waals surface area (Å²) >= 11 is 0. The van der Waals surface area contributed by atoms with Crippen LogP contribution in [-0.4, -0.2) is 11.8 Å². The standard InChI is InChI=1S/C22H22N2O4/c23-22(26)24-19-17-11-10-16(27-13-14-6-2-1-3-7-14)12-18(17)28-21(19)20(25)15-8-4-5-9-15/h1-3,6-7,10-12,15H,4-5,8-9,13H2,(H3,23,24,26). The minimum absolute atomic E-state index is 0.0669. The molecule has 0 spiro atoms. The van der Waals surface area contributed by atoms with Gasteiger partial charge in [-0.25, -0.2) is 4.79 Å². The first-order chi connectivity index (χ1) is 13.6. The van der Waals surface area contributed by atoms with Crippen LogP contribution in [0.4, 0.5) is 10.5 Å². The molecule has 1 aliphatic rings. The summed E-state index contributed by atoms with van der Waals surface area (Å²) in [5, 5.41) is 3.19. The van der Waals surface area contributed by atoms with Crippen LogP contribution in [0.15, 0.2) is 52.9 Å². The molecule has 0 bridgehead atoms. The summed E-state index contributed by atoms with van der Waals surface area (Å²) in [4.78, 5) is 24.4. The van der Waals surface area contributed by atoms with Crippen molar-refractivity contribution >= 4 is 28.5 Å². The van der Waals surface area contributed by atoms with Crippen molar-refractivity contribution in [1.82, 2.24) is 0 Å². The third-order valence-electron chi connectivity index (χ3n) is 5.11. The van der Waals surface area contributed by atoms with Crippen molar-refractivity contribution in [3.05, 3.63) is 59.9 Å². The Labute approximate surface area is 162 Å². The summed E-state index contributed by atoms with van der Waals surface area (Å²) in [6.07, 6.45) is 3.76. The average molecular weight is 378 g/mol. The summed E-state index contributed by atoms with van der Waals surface area (Å²) < 4.78 is 11.7. The first-order valence-electron chi connectivity index (χ1n) is 9.46. The minimum Gasteiger partial charge on any atom is -0.489 e. The normalized spacial score (nSPS) is 14.3. The van der Waals surface area contributed by atoms with Crippen LogP contribution < -0.4 is 15.8 Å². The number of carbonyl (C=O) groups excluding carboxylic acids is 2. The lowest BCUT2D eigenvalue weighted by molar-refractivity contribution is 0.0898. The Morgan fingerprint density at radius 1 is 1.11 bits per heavy atom. The van der Waals surface area contributed by atoms with Gasteiger partial charge in [-0.15, -0.1) is 0 Å². The molecular weight excluding hydrogens is 356 g/mol. The van der Waals surface area contributed by atoms with Gasteiger partial charge >= 0.3 is 6.03 Å². The molecule has 0 unspecified atom stereocenters. The SMILES string of the molecule is NC(=O)Nc1c(C(=O)C2CCCC2)oc2cc(OCc3ccccc3)ccc12. The van der Waals surface area contributed by atoms with Crippen molar-refractivity contribution in [2.45, 2.75) is 32.3 Å². The number of hydrogen-bond donors (Lipinski definition) is 2. The Morgan fingerprint density at radius 3 is 2.57 bits per heavy atom. The molecule has 0 saturated heterocycles. The van der Waals surface area contributed by atoms with E-state index < -0.39 is 6.03 Å². The van der Waals surface area contributed by atoms with Crippen molar-refractivity contribution in [3.63, 3.8) is 0 Å². The fraction of sp³-hybridized carbons (Fsp3) is 0.273. The molecule has 6 nitrogen and oxygen atoms in total. The first-order valence-corrected chi connectivity index (χ1v) is 9.46. The molecule has 0 atom stereocenters. The molecule has 1 heterocycles. The highest BCUT2D eigenvalue weighted by Gasteiger charge is 2.30. The number of ketones is 1. The average Bonchev–Trinajstić information content (AvgIpc) is 3.35. The molecule has 1 aliphatic carbocycles. The van der Waals surface area contributed by atoms with Gasteiger partial charge < -0.3 is 20.2 Å². The fourth-order valence-corrected chi connectivity index (χ4v) is 3.70. The van der Waals surface area contributed by atoms with E-state index >= 15 is 0 Å². The maximum absolute atomic E-state index is 12.9. The van der Waals surface area contributed by atoms with Crippen LogP contribution in [0, 0.1) is 5.92 Å². The van der Waals surface area contributed by atoms with Crippen molar-refractivity contribution < 1.29 is 18.7 Å². The third-order valence-corrected chi connectivity index (χ3v) is 5.11. The van der Waals surface area contributed by atoms with E-state index in [9.17, 15) is 9.59 Å². The van der Waals surface area contributed by atoms with Gasteiger partial charge in [0.2, 0.25) is 5.78 Å². The van der Waals surface area contributed by atoms with Gasteiger partial charge in [-0.05, 0) is 30.5 Å². The number of carbonyl (C=O) groups is 2. The molecular formula is C22H22N2O4. The number of furan rings is 1. The van der Waals surface area contributed by atoms with E-state index in [1.807, 2.05) is 30.3 Å². The molecule has 28 heavy (non-hydrogen) atoms. The quantitative estimate of drug-likeness (QED) is 0.598. The Kier molecular flexibility index (Phi) is 5.02. The molecule has 1 fully saturated rings. The first kappa shape index (κ1) is 18.1. The molecule has 1 saturated carbocycles. The summed E-state index contributed by atoms with van der Waals surface area (Å²) in [5.41, 5.74) is 7.19. The summed E-state index contributed by atoms with van der Waals surface area (Å²) in [5.74, 6) is 0.642. The van der Waals surface area contributed by atoms with Gasteiger partial charge in [0, 0.05) is 17.4 Å². The second-order valence-corrected chi connectivity index (χ2v) is 7.07. The van der Waals surface area contributed by atoms with Gasteiger partial charge in [-0.2, -0.15) is 0 Å². The maximum Gasteiger partial charge on any atom is 0.316 e. The van der Waals surface area contributed by atoms with Crippen molar-refractivity contribution in [3.8, 4) is 5.75 Å². The molecule has 3 aromatic rings. The van der Waals surface area contributed by atoms with E-state index in [0.29, 0.717) is 29.0 Å². The lowest BCUT2D eigenvalue weighted by atomic mass is 9.99. The Balaban J connectivity index is 1.64. The van der Waals surface area contributed by atoms with Crippen LogP contribution in [0.3, 0.4) is 0 Å².